The Labute approximate surface area is 112 Å². The Balaban J connectivity index is 2.06. The maximum absolute atomic E-state index is 12.0. The summed E-state index contributed by atoms with van der Waals surface area (Å²) in [6, 6.07) is 0. The van der Waals surface area contributed by atoms with E-state index in [1.54, 1.807) is 13.3 Å². The highest BCUT2D eigenvalue weighted by molar-refractivity contribution is 5.74. The van der Waals surface area contributed by atoms with Crippen molar-refractivity contribution in [3.63, 3.8) is 0 Å². The summed E-state index contributed by atoms with van der Waals surface area (Å²) in [4.78, 5) is 18.2. The molecular weight excluding hydrogens is 248 g/mol. The number of hydrogen-bond donors (Lipinski definition) is 0. The quantitative estimate of drug-likeness (QED) is 0.714. The first-order valence-corrected chi connectivity index (χ1v) is 6.52. The Morgan fingerprint density at radius 2 is 2.42 bits per heavy atom. The van der Waals surface area contributed by atoms with E-state index in [0.29, 0.717) is 19.8 Å². The van der Waals surface area contributed by atoms with Gasteiger partial charge in [0.05, 0.1) is 25.3 Å². The minimum Gasteiger partial charge on any atom is -0.466 e. The van der Waals surface area contributed by atoms with Crippen LogP contribution in [0.5, 0.6) is 0 Å². The molecular formula is C13H20N2O4. The Morgan fingerprint density at radius 3 is 3.05 bits per heavy atom. The molecule has 0 amide bonds. The van der Waals surface area contributed by atoms with E-state index in [9.17, 15) is 4.79 Å². The van der Waals surface area contributed by atoms with Crippen molar-refractivity contribution < 1.29 is 18.7 Å². The summed E-state index contributed by atoms with van der Waals surface area (Å²) in [5, 5.41) is 0. The summed E-state index contributed by atoms with van der Waals surface area (Å²) in [6.07, 6.45) is 3.08. The monoisotopic (exact) mass is 268 g/mol. The van der Waals surface area contributed by atoms with E-state index < -0.39 is 0 Å². The van der Waals surface area contributed by atoms with Crippen LogP contribution >= 0.6 is 0 Å². The van der Waals surface area contributed by atoms with Gasteiger partial charge in [-0.15, -0.1) is 0 Å². The van der Waals surface area contributed by atoms with Crippen LogP contribution in [0.2, 0.25) is 0 Å². The van der Waals surface area contributed by atoms with Crippen LogP contribution in [0.3, 0.4) is 0 Å². The molecule has 2 heterocycles. The van der Waals surface area contributed by atoms with Crippen molar-refractivity contribution in [2.45, 2.75) is 12.8 Å². The van der Waals surface area contributed by atoms with E-state index in [0.717, 1.165) is 18.8 Å². The molecule has 1 aliphatic rings. The SMILES string of the molecule is CCOC(=O)[C@H]1CN(CCOC)C[C@@H]1c1cnco1. The molecule has 1 saturated heterocycles. The van der Waals surface area contributed by atoms with Gasteiger partial charge in [-0.2, -0.15) is 0 Å². The molecule has 106 valence electrons. The first kappa shape index (κ1) is 14.0. The van der Waals surface area contributed by atoms with E-state index in [2.05, 4.69) is 9.88 Å². The summed E-state index contributed by atoms with van der Waals surface area (Å²) in [5.41, 5.74) is 0. The fourth-order valence-corrected chi connectivity index (χ4v) is 2.47. The van der Waals surface area contributed by atoms with Crippen LogP contribution in [0.15, 0.2) is 17.0 Å². The smallest absolute Gasteiger partial charge is 0.311 e. The molecule has 0 radical (unpaired) electrons. The standard InChI is InChI=1S/C13H20N2O4/c1-3-18-13(16)11-8-15(4-5-17-2)7-10(11)12-6-14-9-19-12/h6,9-11H,3-5,7-8H2,1-2H3/t10-,11-/m0/s1. The lowest BCUT2D eigenvalue weighted by Gasteiger charge is -2.14. The van der Waals surface area contributed by atoms with Crippen LogP contribution in [0.25, 0.3) is 0 Å². The van der Waals surface area contributed by atoms with E-state index in [1.807, 2.05) is 6.92 Å². The van der Waals surface area contributed by atoms with Crippen molar-refractivity contribution in [2.24, 2.45) is 5.92 Å². The predicted octanol–water partition coefficient (Wildman–Crippen LogP) is 0.899. The summed E-state index contributed by atoms with van der Waals surface area (Å²) >= 11 is 0. The van der Waals surface area contributed by atoms with Gasteiger partial charge >= 0.3 is 5.97 Å². The molecule has 1 aliphatic heterocycles. The third-order valence-corrected chi connectivity index (χ3v) is 3.41. The average Bonchev–Trinajstić information content (AvgIpc) is 3.05. The minimum absolute atomic E-state index is 0.0124. The number of aromatic nitrogens is 1. The van der Waals surface area contributed by atoms with Gasteiger partial charge < -0.3 is 13.9 Å². The molecule has 0 unspecified atom stereocenters. The Bertz CT molecular complexity index is 393. The molecule has 0 aliphatic carbocycles. The molecule has 2 rings (SSSR count). The van der Waals surface area contributed by atoms with Gasteiger partial charge in [0.2, 0.25) is 0 Å². The van der Waals surface area contributed by atoms with Gasteiger partial charge in [0, 0.05) is 32.7 Å². The molecule has 6 nitrogen and oxygen atoms in total. The summed E-state index contributed by atoms with van der Waals surface area (Å²) in [5.74, 6) is 0.407. The number of methoxy groups -OCH3 is 1. The maximum atomic E-state index is 12.0. The molecule has 19 heavy (non-hydrogen) atoms. The third kappa shape index (κ3) is 3.33. The zero-order valence-electron chi connectivity index (χ0n) is 11.4. The first-order valence-electron chi connectivity index (χ1n) is 6.52. The summed E-state index contributed by atoms with van der Waals surface area (Å²) in [7, 11) is 1.67. The van der Waals surface area contributed by atoms with Crippen molar-refractivity contribution in [3.05, 3.63) is 18.4 Å². The number of rotatable bonds is 6. The average molecular weight is 268 g/mol. The van der Waals surface area contributed by atoms with Gasteiger partial charge in [-0.25, -0.2) is 4.98 Å². The number of carbonyl (C=O) groups is 1. The minimum atomic E-state index is -0.190. The van der Waals surface area contributed by atoms with Gasteiger partial charge in [0.25, 0.3) is 0 Å². The highest BCUT2D eigenvalue weighted by Gasteiger charge is 2.40. The number of oxazole rings is 1. The predicted molar refractivity (Wildman–Crippen MR) is 67.7 cm³/mol. The zero-order chi connectivity index (χ0) is 13.7. The third-order valence-electron chi connectivity index (χ3n) is 3.41. The molecule has 1 fully saturated rings. The van der Waals surface area contributed by atoms with Crippen LogP contribution < -0.4 is 0 Å². The van der Waals surface area contributed by atoms with Crippen molar-refractivity contribution in [1.29, 1.82) is 0 Å². The number of esters is 1. The second kappa shape index (κ2) is 6.68. The normalized spacial score (nSPS) is 23.7. The lowest BCUT2D eigenvalue weighted by molar-refractivity contribution is -0.148. The fourth-order valence-electron chi connectivity index (χ4n) is 2.47. The topological polar surface area (TPSA) is 64.8 Å². The van der Waals surface area contributed by atoms with Crippen molar-refractivity contribution in [1.82, 2.24) is 9.88 Å². The molecule has 2 atom stereocenters. The van der Waals surface area contributed by atoms with E-state index in [-0.39, 0.29) is 17.8 Å². The second-order valence-corrected chi connectivity index (χ2v) is 4.62. The fraction of sp³-hybridized carbons (Fsp3) is 0.692. The molecule has 0 N–H and O–H groups in total. The summed E-state index contributed by atoms with van der Waals surface area (Å²) < 4.78 is 15.6. The Kier molecular flexibility index (Phi) is 4.93. The van der Waals surface area contributed by atoms with Gasteiger partial charge in [0.1, 0.15) is 5.76 Å². The molecule has 1 aromatic heterocycles. The lowest BCUT2D eigenvalue weighted by atomic mass is 9.94. The van der Waals surface area contributed by atoms with Crippen molar-refractivity contribution in [2.75, 3.05) is 40.0 Å². The number of ether oxygens (including phenoxy) is 2. The molecule has 1 aromatic rings. The number of nitrogens with zero attached hydrogens (tertiary/aromatic N) is 2. The van der Waals surface area contributed by atoms with Gasteiger partial charge in [-0.1, -0.05) is 0 Å². The van der Waals surface area contributed by atoms with Crippen molar-refractivity contribution in [3.8, 4) is 0 Å². The number of likely N-dealkylation sites (tertiary alicyclic amines) is 1. The van der Waals surface area contributed by atoms with Crippen molar-refractivity contribution >= 4 is 5.97 Å². The van der Waals surface area contributed by atoms with Gasteiger partial charge in [-0.3, -0.25) is 9.69 Å². The van der Waals surface area contributed by atoms with E-state index in [4.69, 9.17) is 13.9 Å². The van der Waals surface area contributed by atoms with Crippen LogP contribution in [0.4, 0.5) is 0 Å². The molecule has 0 saturated carbocycles. The molecule has 0 spiro atoms. The highest BCUT2D eigenvalue weighted by Crippen LogP contribution is 2.33. The van der Waals surface area contributed by atoms with Gasteiger partial charge in [-0.05, 0) is 6.92 Å². The maximum Gasteiger partial charge on any atom is 0.311 e. The zero-order valence-corrected chi connectivity index (χ0v) is 11.4. The Morgan fingerprint density at radius 1 is 1.58 bits per heavy atom. The molecule has 0 aromatic carbocycles. The van der Waals surface area contributed by atoms with Gasteiger partial charge in [0.15, 0.2) is 6.39 Å². The van der Waals surface area contributed by atoms with Crippen LogP contribution in [-0.2, 0) is 14.3 Å². The van der Waals surface area contributed by atoms with Crippen LogP contribution in [0, 0.1) is 5.92 Å². The van der Waals surface area contributed by atoms with E-state index >= 15 is 0 Å². The molecule has 0 bridgehead atoms. The number of carbonyl (C=O) groups excluding carboxylic acids is 1. The largest absolute Gasteiger partial charge is 0.466 e. The van der Waals surface area contributed by atoms with E-state index in [1.165, 1.54) is 6.39 Å². The number of hydrogen-bond acceptors (Lipinski definition) is 6. The molecule has 6 heteroatoms. The second-order valence-electron chi connectivity index (χ2n) is 4.62. The lowest BCUT2D eigenvalue weighted by Crippen LogP contribution is -2.27. The summed E-state index contributed by atoms with van der Waals surface area (Å²) in [6.45, 7) is 5.11. The highest BCUT2D eigenvalue weighted by atomic mass is 16.5. The van der Waals surface area contributed by atoms with Crippen LogP contribution in [-0.4, -0.2) is 55.8 Å². The first-order chi connectivity index (χ1) is 9.26. The van der Waals surface area contributed by atoms with Crippen LogP contribution in [0.1, 0.15) is 18.6 Å². The Hall–Kier alpha value is -1.40.